The number of nitrogens with zero attached hydrogens (tertiary/aromatic N) is 4. The van der Waals surface area contributed by atoms with Crippen LogP contribution >= 0.6 is 11.3 Å². The van der Waals surface area contributed by atoms with E-state index in [1.807, 2.05) is 18.2 Å². The summed E-state index contributed by atoms with van der Waals surface area (Å²) in [4.78, 5) is 38.5. The highest BCUT2D eigenvalue weighted by molar-refractivity contribution is 7.17. The Labute approximate surface area is 171 Å². The van der Waals surface area contributed by atoms with E-state index in [1.54, 1.807) is 61.4 Å². The zero-order valence-electron chi connectivity index (χ0n) is 15.8. The van der Waals surface area contributed by atoms with Crippen LogP contribution in [0.15, 0.2) is 61.1 Å². The molecule has 7 nitrogen and oxygen atoms in total. The number of carbonyl (C=O) groups is 2. The molecule has 29 heavy (non-hydrogen) atoms. The van der Waals surface area contributed by atoms with Gasteiger partial charge in [0.1, 0.15) is 9.88 Å². The van der Waals surface area contributed by atoms with Gasteiger partial charge in [-0.3, -0.25) is 14.6 Å². The molecule has 0 aliphatic carbocycles. The summed E-state index contributed by atoms with van der Waals surface area (Å²) in [5.41, 5.74) is 2.48. The van der Waals surface area contributed by atoms with Crippen molar-refractivity contribution in [2.24, 2.45) is 7.05 Å². The number of hydrogen-bond donors (Lipinski definition) is 1. The molecule has 0 aliphatic heterocycles. The molecule has 0 saturated heterocycles. The molecule has 1 aromatic carbocycles. The smallest absolute Gasteiger partial charge is 0.267 e. The van der Waals surface area contributed by atoms with Gasteiger partial charge in [0, 0.05) is 36.9 Å². The Morgan fingerprint density at radius 1 is 1.03 bits per heavy atom. The zero-order valence-corrected chi connectivity index (χ0v) is 16.6. The van der Waals surface area contributed by atoms with Crippen molar-refractivity contribution in [3.63, 3.8) is 0 Å². The number of nitrogens with one attached hydrogen (secondary N) is 1. The Hall–Kier alpha value is -3.65. The van der Waals surface area contributed by atoms with E-state index in [9.17, 15) is 9.59 Å². The fourth-order valence-corrected chi connectivity index (χ4v) is 3.75. The summed E-state index contributed by atoms with van der Waals surface area (Å²) >= 11 is 1.30. The minimum absolute atomic E-state index is 0.173. The Morgan fingerprint density at radius 3 is 2.48 bits per heavy atom. The summed E-state index contributed by atoms with van der Waals surface area (Å²) < 4.78 is 1.67. The van der Waals surface area contributed by atoms with Crippen LogP contribution in [-0.2, 0) is 7.05 Å². The summed E-state index contributed by atoms with van der Waals surface area (Å²) in [5.74, 6) is -0.0526. The summed E-state index contributed by atoms with van der Waals surface area (Å²) in [5, 5.41) is 3.55. The van der Waals surface area contributed by atoms with Crippen molar-refractivity contribution in [2.45, 2.75) is 6.92 Å². The molecule has 8 heteroatoms. The number of ketones is 1. The molecule has 0 bridgehead atoms. The van der Waals surface area contributed by atoms with Crippen LogP contribution in [0.3, 0.4) is 0 Å². The molecule has 0 aliphatic rings. The summed E-state index contributed by atoms with van der Waals surface area (Å²) in [7, 11) is 1.77. The first-order valence-electron chi connectivity index (χ1n) is 8.85. The molecule has 3 aromatic heterocycles. The van der Waals surface area contributed by atoms with Crippen LogP contribution < -0.4 is 5.32 Å². The van der Waals surface area contributed by atoms with E-state index in [0.29, 0.717) is 32.7 Å². The molecule has 1 N–H and O–H groups in total. The van der Waals surface area contributed by atoms with Crippen LogP contribution in [0.5, 0.6) is 0 Å². The first kappa shape index (κ1) is 18.7. The monoisotopic (exact) mass is 403 g/mol. The SMILES string of the molecule is Cc1nc(-c2ccccn2)sc1C(=O)Nc1ccc(C(=O)c2nccn2C)cc1. The first-order valence-corrected chi connectivity index (χ1v) is 9.67. The minimum atomic E-state index is -0.245. The maximum atomic E-state index is 12.7. The molecule has 0 unspecified atom stereocenters. The fraction of sp³-hybridized carbons (Fsp3) is 0.0952. The minimum Gasteiger partial charge on any atom is -0.331 e. The lowest BCUT2D eigenvalue weighted by molar-refractivity contribution is 0.102. The van der Waals surface area contributed by atoms with Gasteiger partial charge in [-0.15, -0.1) is 11.3 Å². The number of benzene rings is 1. The molecule has 0 radical (unpaired) electrons. The molecule has 4 rings (SSSR count). The third-order valence-electron chi connectivity index (χ3n) is 4.32. The summed E-state index contributed by atoms with van der Waals surface area (Å²) in [6.45, 7) is 1.80. The second-order valence-corrected chi connectivity index (χ2v) is 7.37. The molecule has 0 spiro atoms. The van der Waals surface area contributed by atoms with Crippen LogP contribution in [0.4, 0.5) is 5.69 Å². The second-order valence-electron chi connectivity index (χ2n) is 6.37. The topological polar surface area (TPSA) is 89.8 Å². The van der Waals surface area contributed by atoms with Crippen molar-refractivity contribution in [2.75, 3.05) is 5.32 Å². The van der Waals surface area contributed by atoms with Gasteiger partial charge in [0.25, 0.3) is 5.91 Å². The second kappa shape index (κ2) is 7.76. The number of aryl methyl sites for hydroxylation is 2. The number of anilines is 1. The number of imidazole rings is 1. The summed E-state index contributed by atoms with van der Waals surface area (Å²) in [6.07, 6.45) is 5.00. The number of hydrogen-bond acceptors (Lipinski definition) is 6. The van der Waals surface area contributed by atoms with E-state index in [4.69, 9.17) is 0 Å². The molecule has 0 atom stereocenters. The van der Waals surface area contributed by atoms with Crippen LogP contribution in [0.2, 0.25) is 0 Å². The van der Waals surface area contributed by atoms with Gasteiger partial charge in [-0.05, 0) is 43.3 Å². The van der Waals surface area contributed by atoms with Crippen LogP contribution in [-0.4, -0.2) is 31.2 Å². The number of rotatable bonds is 5. The Morgan fingerprint density at radius 2 is 1.83 bits per heavy atom. The molecule has 144 valence electrons. The lowest BCUT2D eigenvalue weighted by Crippen LogP contribution is -2.12. The number of carbonyl (C=O) groups excluding carboxylic acids is 2. The number of pyridine rings is 1. The highest BCUT2D eigenvalue weighted by Gasteiger charge is 2.18. The van der Waals surface area contributed by atoms with Gasteiger partial charge in [-0.25, -0.2) is 9.97 Å². The zero-order chi connectivity index (χ0) is 20.4. The van der Waals surface area contributed by atoms with Gasteiger partial charge in [-0.2, -0.15) is 0 Å². The molecule has 0 saturated carbocycles. The van der Waals surface area contributed by atoms with Gasteiger partial charge >= 0.3 is 0 Å². The van der Waals surface area contributed by atoms with E-state index < -0.39 is 0 Å². The highest BCUT2D eigenvalue weighted by atomic mass is 32.1. The average Bonchev–Trinajstić information content (AvgIpc) is 3.34. The lowest BCUT2D eigenvalue weighted by atomic mass is 10.1. The molecular formula is C21H17N5O2S. The van der Waals surface area contributed by atoms with Crippen molar-refractivity contribution < 1.29 is 9.59 Å². The summed E-state index contributed by atoms with van der Waals surface area (Å²) in [6, 6.07) is 12.3. The Balaban J connectivity index is 1.50. The van der Waals surface area contributed by atoms with Gasteiger partial charge in [0.2, 0.25) is 5.78 Å². The normalized spacial score (nSPS) is 10.7. The first-order chi connectivity index (χ1) is 14.0. The van der Waals surface area contributed by atoms with E-state index in [0.717, 1.165) is 5.69 Å². The average molecular weight is 403 g/mol. The molecule has 0 fully saturated rings. The molecule has 4 aromatic rings. The van der Waals surface area contributed by atoms with Crippen molar-refractivity contribution in [1.29, 1.82) is 0 Å². The largest absolute Gasteiger partial charge is 0.331 e. The highest BCUT2D eigenvalue weighted by Crippen LogP contribution is 2.27. The molecule has 3 heterocycles. The quantitative estimate of drug-likeness (QED) is 0.513. The predicted octanol–water partition coefficient (Wildman–Crippen LogP) is 3.73. The number of thiazole rings is 1. The van der Waals surface area contributed by atoms with Gasteiger partial charge in [0.05, 0.1) is 11.4 Å². The van der Waals surface area contributed by atoms with Crippen molar-refractivity contribution in [3.8, 4) is 10.7 Å². The predicted molar refractivity (Wildman–Crippen MR) is 111 cm³/mol. The maximum absolute atomic E-state index is 12.7. The van der Waals surface area contributed by atoms with Crippen LogP contribution in [0.1, 0.15) is 31.5 Å². The fourth-order valence-electron chi connectivity index (χ4n) is 2.81. The van der Waals surface area contributed by atoms with E-state index in [-0.39, 0.29) is 11.7 Å². The van der Waals surface area contributed by atoms with Gasteiger partial charge in [-0.1, -0.05) is 6.07 Å². The molecule has 1 amide bonds. The van der Waals surface area contributed by atoms with Gasteiger partial charge in [0.15, 0.2) is 5.82 Å². The van der Waals surface area contributed by atoms with Crippen molar-refractivity contribution >= 4 is 28.7 Å². The van der Waals surface area contributed by atoms with Gasteiger partial charge < -0.3 is 9.88 Å². The Bertz CT molecular complexity index is 1180. The molecular weight excluding hydrogens is 386 g/mol. The third kappa shape index (κ3) is 3.83. The van der Waals surface area contributed by atoms with Crippen LogP contribution in [0.25, 0.3) is 10.7 Å². The third-order valence-corrected chi connectivity index (χ3v) is 5.49. The number of aromatic nitrogens is 4. The maximum Gasteiger partial charge on any atom is 0.267 e. The van der Waals surface area contributed by atoms with E-state index in [1.165, 1.54) is 11.3 Å². The number of amides is 1. The van der Waals surface area contributed by atoms with Crippen molar-refractivity contribution in [1.82, 2.24) is 19.5 Å². The van der Waals surface area contributed by atoms with E-state index in [2.05, 4.69) is 20.3 Å². The Kier molecular flexibility index (Phi) is 5.01. The van der Waals surface area contributed by atoms with E-state index >= 15 is 0 Å². The lowest BCUT2D eigenvalue weighted by Gasteiger charge is -2.06. The van der Waals surface area contributed by atoms with Crippen molar-refractivity contribution in [3.05, 3.63) is 83.0 Å². The van der Waals surface area contributed by atoms with Crippen LogP contribution in [0, 0.1) is 6.92 Å². The standard InChI is InChI=1S/C21H17N5O2S/c1-13-18(29-21(24-13)16-5-3-4-10-22-16)20(28)25-15-8-6-14(7-9-15)17(27)19-23-11-12-26(19)2/h3-12H,1-2H3,(H,25,28).